The number of non-ortho nitro benzene ring substituents is 1. The number of nitro benzene ring substituents is 1. The van der Waals surface area contributed by atoms with Crippen molar-refractivity contribution >= 4 is 64.2 Å². The summed E-state index contributed by atoms with van der Waals surface area (Å²) in [5.74, 6) is -2.00. The number of carbonyl (C=O) groups excluding carboxylic acids is 4. The van der Waals surface area contributed by atoms with E-state index in [4.69, 9.17) is 27.9 Å². The number of nitrogens with one attached hydrogen (secondary N) is 3. The number of urea groups is 1. The summed E-state index contributed by atoms with van der Waals surface area (Å²) in [7, 11) is 0. The molecule has 300 valence electrons. The van der Waals surface area contributed by atoms with E-state index in [-0.39, 0.29) is 72.3 Å². The Morgan fingerprint density at radius 1 is 0.818 bits per heavy atom. The fraction of sp³-hybridized carbons (Fsp3) is 0.421. The third kappa shape index (κ3) is 14.0. The quantitative estimate of drug-likeness (QED) is 0.151. The van der Waals surface area contributed by atoms with Crippen LogP contribution in [0.15, 0.2) is 60.7 Å². The Kier molecular flexibility index (Phi) is 18.3. The minimum Gasteiger partial charge on any atom is -0.410 e. The molecule has 2 saturated heterocycles. The Balaban J connectivity index is 0.000000373. The van der Waals surface area contributed by atoms with E-state index in [1.165, 1.54) is 53.4 Å². The van der Waals surface area contributed by atoms with Crippen LogP contribution in [0.25, 0.3) is 0 Å². The monoisotopic (exact) mass is 808 g/mol. The van der Waals surface area contributed by atoms with Crippen LogP contribution in [-0.4, -0.2) is 71.4 Å². The van der Waals surface area contributed by atoms with Gasteiger partial charge in [0.05, 0.1) is 26.8 Å². The van der Waals surface area contributed by atoms with Gasteiger partial charge in [0, 0.05) is 56.2 Å². The van der Waals surface area contributed by atoms with E-state index in [0.717, 1.165) is 12.5 Å². The molecule has 5 amide bonds. The first kappa shape index (κ1) is 46.1. The first-order valence-electron chi connectivity index (χ1n) is 17.0. The largest absolute Gasteiger partial charge is 0.415 e. The molecule has 17 heteroatoms. The van der Waals surface area contributed by atoms with Crippen LogP contribution in [0, 0.1) is 39.5 Å². The Labute approximate surface area is 329 Å². The van der Waals surface area contributed by atoms with Crippen LogP contribution in [0.2, 0.25) is 10.0 Å². The van der Waals surface area contributed by atoms with Crippen molar-refractivity contribution in [2.45, 2.75) is 54.4 Å². The molecule has 2 heterocycles. The molecule has 0 aliphatic carbocycles. The zero-order valence-electron chi connectivity index (χ0n) is 29.1. The molecule has 3 N–H and O–H groups in total. The highest BCUT2D eigenvalue weighted by atomic mass is 35.5. The molecule has 2 fully saturated rings. The fourth-order valence-corrected chi connectivity index (χ4v) is 5.81. The summed E-state index contributed by atoms with van der Waals surface area (Å²) in [6, 6.07) is 13.1. The molecule has 55 heavy (non-hydrogen) atoms. The van der Waals surface area contributed by atoms with E-state index < -0.39 is 28.6 Å². The number of piperidine rings is 2. The number of halogens is 4. The number of ether oxygens (including phenoxy) is 1. The number of nitro groups is 1. The molecule has 2 aliphatic heterocycles. The number of rotatable bonds is 8. The fourth-order valence-electron chi connectivity index (χ4n) is 5.57. The molecule has 5 rings (SSSR count). The van der Waals surface area contributed by atoms with Gasteiger partial charge in [-0.25, -0.2) is 18.4 Å². The number of nitrogens with zero attached hydrogens (tertiary/aromatic N) is 3. The van der Waals surface area contributed by atoms with E-state index >= 15 is 0 Å². The zero-order valence-corrected chi connectivity index (χ0v) is 30.6. The summed E-state index contributed by atoms with van der Waals surface area (Å²) in [6.45, 7) is 6.24. The van der Waals surface area contributed by atoms with Crippen molar-refractivity contribution in [1.82, 2.24) is 15.1 Å². The lowest BCUT2D eigenvalue weighted by molar-refractivity contribution is -0.384. The minimum atomic E-state index is -0.645. The van der Waals surface area contributed by atoms with Gasteiger partial charge in [0.25, 0.3) is 5.69 Å². The Hall–Kier alpha value is -5.02. The second kappa shape index (κ2) is 21.8. The normalized spacial score (nSPS) is 16.3. The van der Waals surface area contributed by atoms with Gasteiger partial charge >= 0.3 is 12.1 Å². The maximum Gasteiger partial charge on any atom is 0.415 e. The molecule has 3 aromatic carbocycles. The first-order chi connectivity index (χ1) is 25.2. The van der Waals surface area contributed by atoms with Gasteiger partial charge in [0.1, 0.15) is 17.4 Å². The lowest BCUT2D eigenvalue weighted by atomic mass is 9.97. The number of carbonyl (C=O) groups is 4. The highest BCUT2D eigenvalue weighted by Crippen LogP contribution is 2.25. The number of likely N-dealkylation sites (tertiary alicyclic amines) is 2. The van der Waals surface area contributed by atoms with Crippen molar-refractivity contribution < 1.29 is 37.6 Å². The highest BCUT2D eigenvalue weighted by molar-refractivity contribution is 6.31. The second-order valence-corrected chi connectivity index (χ2v) is 13.8. The molecule has 0 aromatic heterocycles. The van der Waals surface area contributed by atoms with Gasteiger partial charge < -0.3 is 30.5 Å². The van der Waals surface area contributed by atoms with Crippen LogP contribution < -0.4 is 20.7 Å². The molecule has 0 unspecified atom stereocenters. The van der Waals surface area contributed by atoms with Gasteiger partial charge in [-0.05, 0) is 80.1 Å². The van der Waals surface area contributed by atoms with Crippen LogP contribution >= 0.6 is 23.2 Å². The van der Waals surface area contributed by atoms with E-state index in [9.17, 15) is 38.1 Å². The van der Waals surface area contributed by atoms with Gasteiger partial charge in [-0.3, -0.25) is 19.7 Å². The summed E-state index contributed by atoms with van der Waals surface area (Å²) < 4.78 is 32.2. The summed E-state index contributed by atoms with van der Waals surface area (Å²) in [5, 5.41) is 18.8. The lowest BCUT2D eigenvalue weighted by Gasteiger charge is -2.32. The molecule has 0 bridgehead atoms. The van der Waals surface area contributed by atoms with Crippen LogP contribution in [0.3, 0.4) is 0 Å². The molecule has 2 atom stereocenters. The summed E-state index contributed by atoms with van der Waals surface area (Å²) in [5.41, 5.74) is 0.531. The molecule has 3 aromatic rings. The van der Waals surface area contributed by atoms with Crippen LogP contribution in [0.1, 0.15) is 54.4 Å². The minimum absolute atomic E-state index is 0. The highest BCUT2D eigenvalue weighted by Gasteiger charge is 2.30. The molecular weight excluding hydrogens is 761 g/mol. The van der Waals surface area contributed by atoms with E-state index in [0.29, 0.717) is 57.0 Å². The molecule has 2 aliphatic rings. The Morgan fingerprint density at radius 2 is 1.29 bits per heavy atom. The number of anilines is 2. The maximum absolute atomic E-state index is 13.5. The Bertz CT molecular complexity index is 1800. The van der Waals surface area contributed by atoms with Gasteiger partial charge in [-0.15, -0.1) is 0 Å². The van der Waals surface area contributed by atoms with Crippen molar-refractivity contribution in [2.75, 3.05) is 43.4 Å². The molecular formula is C38H48Cl2F2N6O7. The van der Waals surface area contributed by atoms with Gasteiger partial charge in [0.2, 0.25) is 11.8 Å². The third-order valence-corrected chi connectivity index (χ3v) is 9.03. The van der Waals surface area contributed by atoms with Crippen molar-refractivity contribution in [1.29, 1.82) is 0 Å². The summed E-state index contributed by atoms with van der Waals surface area (Å²) in [6.07, 6.45) is 2.00. The van der Waals surface area contributed by atoms with Crippen LogP contribution in [0.4, 0.5) is 35.4 Å². The van der Waals surface area contributed by atoms with Crippen LogP contribution in [0.5, 0.6) is 5.75 Å². The number of hydrogen-bond donors (Lipinski definition) is 3. The molecule has 0 radical (unpaired) electrons. The number of benzene rings is 3. The van der Waals surface area contributed by atoms with E-state index in [2.05, 4.69) is 16.0 Å². The SMILES string of the molecule is C.C.CC(C)CNC(=O)N1CCC[C@H](C(=O)Nc2ccc(Cl)c(F)c2)C1.O=C(Nc1ccc(Cl)c(F)c1)[C@H]1CCCN(C(=O)Oc2ccc([N+](=O)[O-])cc2)C1. The van der Waals surface area contributed by atoms with Gasteiger partial charge in [-0.1, -0.05) is 51.9 Å². The first-order valence-corrected chi connectivity index (χ1v) is 17.7. The summed E-state index contributed by atoms with van der Waals surface area (Å²) in [4.78, 5) is 62.5. The summed E-state index contributed by atoms with van der Waals surface area (Å²) >= 11 is 11.3. The van der Waals surface area contributed by atoms with Crippen molar-refractivity contribution in [3.05, 3.63) is 92.5 Å². The van der Waals surface area contributed by atoms with E-state index in [1.54, 1.807) is 11.0 Å². The molecule has 0 spiro atoms. The van der Waals surface area contributed by atoms with Crippen molar-refractivity contribution in [3.63, 3.8) is 0 Å². The third-order valence-electron chi connectivity index (χ3n) is 8.42. The number of amides is 5. The molecule has 0 saturated carbocycles. The Morgan fingerprint density at radius 3 is 1.75 bits per heavy atom. The van der Waals surface area contributed by atoms with Gasteiger partial charge in [0.15, 0.2) is 0 Å². The second-order valence-electron chi connectivity index (χ2n) is 13.0. The maximum atomic E-state index is 13.5. The van der Waals surface area contributed by atoms with Crippen LogP contribution in [-0.2, 0) is 9.59 Å². The van der Waals surface area contributed by atoms with Crippen molar-refractivity contribution in [2.24, 2.45) is 17.8 Å². The lowest BCUT2D eigenvalue weighted by Crippen LogP contribution is -2.48. The topological polar surface area (TPSA) is 163 Å². The standard InChI is InChI=1S/C19H17ClFN3O5.C17H23ClFN3O2.2CH4/c20-16-8-3-13(10-17(16)21)22-18(25)12-2-1-9-23(11-12)19(26)29-15-6-4-14(5-7-15)24(27)28;1-11(2)9-20-17(24)22-7-3-4-12(10-22)16(23)21-13-5-6-14(18)15(19)8-13;;/h3-8,10,12H,1-2,9,11H2,(H,22,25);5-6,8,11-12H,3-4,7,9-10H2,1-2H3,(H,20,24)(H,21,23);2*1H4/t2*12-;;/m00../s1. The average molecular weight is 810 g/mol. The smallest absolute Gasteiger partial charge is 0.410 e. The number of hydrogen-bond acceptors (Lipinski definition) is 7. The average Bonchev–Trinajstić information content (AvgIpc) is 3.14. The predicted molar refractivity (Wildman–Crippen MR) is 209 cm³/mol. The zero-order chi connectivity index (χ0) is 38.7. The predicted octanol–water partition coefficient (Wildman–Crippen LogP) is 9.00. The van der Waals surface area contributed by atoms with Crippen molar-refractivity contribution in [3.8, 4) is 5.75 Å². The van der Waals surface area contributed by atoms with E-state index in [1.807, 2.05) is 13.8 Å². The molecule has 13 nitrogen and oxygen atoms in total. The van der Waals surface area contributed by atoms with Gasteiger partial charge in [-0.2, -0.15) is 0 Å².